The number of nitrogen functional groups attached to an aromatic ring is 1. The van der Waals surface area contributed by atoms with Gasteiger partial charge in [-0.1, -0.05) is 18.2 Å². The maximum Gasteiger partial charge on any atom is 0.220 e. The third kappa shape index (κ3) is 1.22. The Morgan fingerprint density at radius 1 is 1.22 bits per heavy atom. The van der Waals surface area contributed by atoms with Gasteiger partial charge in [0.15, 0.2) is 0 Å². The van der Waals surface area contributed by atoms with Crippen LogP contribution in [0.5, 0.6) is 0 Å². The second kappa shape index (κ2) is 3.28. The van der Waals surface area contributed by atoms with E-state index in [-0.39, 0.29) is 5.54 Å². The van der Waals surface area contributed by atoms with E-state index in [1.807, 2.05) is 35.0 Å². The Morgan fingerprint density at radius 2 is 1.89 bits per heavy atom. The molecule has 5 heteroatoms. The third-order valence-corrected chi connectivity index (χ3v) is 5.94. The molecule has 0 radical (unpaired) electrons. The van der Waals surface area contributed by atoms with E-state index in [2.05, 4.69) is 13.8 Å². The zero-order valence-electron chi connectivity index (χ0n) is 10.4. The molecule has 0 saturated carbocycles. The molecule has 2 aromatic rings. The summed E-state index contributed by atoms with van der Waals surface area (Å²) < 4.78 is 14.9. The van der Waals surface area contributed by atoms with Crippen LogP contribution in [0, 0.1) is 0 Å². The van der Waals surface area contributed by atoms with E-state index in [0.717, 1.165) is 5.56 Å². The first-order chi connectivity index (χ1) is 8.37. The summed E-state index contributed by atoms with van der Waals surface area (Å²) in [7, 11) is -3.10. The van der Waals surface area contributed by atoms with Crippen molar-refractivity contribution in [2.24, 2.45) is 5.50 Å². The van der Waals surface area contributed by atoms with Gasteiger partial charge in [0.25, 0.3) is 0 Å². The van der Waals surface area contributed by atoms with E-state index < -0.39 is 7.29 Å². The monoisotopic (exact) mass is 261 g/mol. The van der Waals surface area contributed by atoms with Crippen molar-refractivity contribution in [1.82, 2.24) is 4.57 Å². The Bertz CT molecular complexity index is 687. The van der Waals surface area contributed by atoms with Gasteiger partial charge in [-0.05, 0) is 31.5 Å². The largest absolute Gasteiger partial charge is 0.397 e. The van der Waals surface area contributed by atoms with Crippen LogP contribution in [-0.2, 0) is 10.1 Å². The number of aromatic nitrogens is 1. The van der Waals surface area contributed by atoms with Gasteiger partial charge in [0.05, 0.1) is 11.2 Å². The summed E-state index contributed by atoms with van der Waals surface area (Å²) in [6.07, 6.45) is 1.86. The second-order valence-electron chi connectivity index (χ2n) is 5.20. The molecule has 1 aromatic heterocycles. The summed E-state index contributed by atoms with van der Waals surface area (Å²) in [6.45, 7) is 4.15. The first-order valence-electron chi connectivity index (χ1n) is 5.83. The van der Waals surface area contributed by atoms with Crippen molar-refractivity contribution in [3.05, 3.63) is 42.1 Å². The predicted molar refractivity (Wildman–Crippen MR) is 74.8 cm³/mol. The Hall–Kier alpha value is -1.51. The van der Waals surface area contributed by atoms with Crippen molar-refractivity contribution >= 4 is 23.7 Å². The molecule has 1 aromatic carbocycles. The van der Waals surface area contributed by atoms with Crippen molar-refractivity contribution in [3.8, 4) is 0 Å². The van der Waals surface area contributed by atoms with Crippen LogP contribution in [0.1, 0.15) is 19.4 Å². The number of anilines is 1. The molecule has 18 heavy (non-hydrogen) atoms. The molecule has 2 heterocycles. The lowest BCUT2D eigenvalue weighted by Gasteiger charge is -2.38. The zero-order valence-corrected chi connectivity index (χ0v) is 11.3. The highest BCUT2D eigenvalue weighted by atomic mass is 31.2. The van der Waals surface area contributed by atoms with Crippen LogP contribution in [0.4, 0.5) is 5.69 Å². The topological polar surface area (TPSA) is 74.0 Å². The Balaban J connectivity index is 2.46. The van der Waals surface area contributed by atoms with E-state index in [1.54, 1.807) is 6.07 Å². The maximum atomic E-state index is 12.9. The fourth-order valence-electron chi connectivity index (χ4n) is 2.77. The van der Waals surface area contributed by atoms with Crippen molar-refractivity contribution in [1.29, 1.82) is 0 Å². The van der Waals surface area contributed by atoms with Crippen LogP contribution >= 0.6 is 7.29 Å². The van der Waals surface area contributed by atoms with Gasteiger partial charge in [0, 0.05) is 11.5 Å². The Morgan fingerprint density at radius 3 is 2.61 bits per heavy atom. The van der Waals surface area contributed by atoms with Gasteiger partial charge in [-0.25, -0.2) is 0 Å². The van der Waals surface area contributed by atoms with E-state index in [9.17, 15) is 4.57 Å². The smallest absolute Gasteiger partial charge is 0.220 e. The van der Waals surface area contributed by atoms with E-state index in [1.165, 1.54) is 0 Å². The number of nitrogens with two attached hydrogens (primary N) is 2. The Kier molecular flexibility index (Phi) is 2.11. The van der Waals surface area contributed by atoms with E-state index in [0.29, 0.717) is 16.4 Å². The highest BCUT2D eigenvalue weighted by Crippen LogP contribution is 2.46. The molecular formula is C13H16N3OP. The molecule has 0 aliphatic carbocycles. The highest BCUT2D eigenvalue weighted by molar-refractivity contribution is 7.76. The van der Waals surface area contributed by atoms with Crippen LogP contribution in [-0.4, -0.2) is 4.57 Å². The second-order valence-corrected chi connectivity index (χ2v) is 7.42. The highest BCUT2D eigenvalue weighted by Gasteiger charge is 2.42. The molecule has 3 rings (SSSR count). The molecule has 4 N–H and O–H groups in total. The van der Waals surface area contributed by atoms with Crippen LogP contribution in [0.2, 0.25) is 0 Å². The number of nitrogens with zero attached hydrogens (tertiary/aromatic N) is 1. The molecule has 94 valence electrons. The molecular weight excluding hydrogens is 245 g/mol. The normalized spacial score (nSPS) is 24.4. The summed E-state index contributed by atoms with van der Waals surface area (Å²) >= 11 is 0. The third-order valence-electron chi connectivity index (χ3n) is 3.73. The zero-order chi connectivity index (χ0) is 13.1. The summed E-state index contributed by atoms with van der Waals surface area (Å²) in [5.41, 5.74) is 13.8. The lowest BCUT2D eigenvalue weighted by molar-refractivity contribution is 0.444. The maximum absolute atomic E-state index is 12.9. The van der Waals surface area contributed by atoms with Crippen molar-refractivity contribution in [2.75, 3.05) is 5.73 Å². The minimum atomic E-state index is -3.10. The molecule has 4 nitrogen and oxygen atoms in total. The lowest BCUT2D eigenvalue weighted by atomic mass is 9.94. The average Bonchev–Trinajstić information content (AvgIpc) is 2.71. The fraction of sp³-hybridized carbons (Fsp3) is 0.231. The lowest BCUT2D eigenvalue weighted by Crippen LogP contribution is -2.47. The number of hydrogen-bond donors (Lipinski definition) is 2. The molecule has 1 unspecified atom stereocenters. The number of benzene rings is 1. The molecule has 1 aliphatic rings. The average molecular weight is 261 g/mol. The molecule has 0 bridgehead atoms. The molecule has 0 saturated heterocycles. The van der Waals surface area contributed by atoms with Crippen LogP contribution in [0.25, 0.3) is 0 Å². The molecule has 1 atom stereocenters. The minimum absolute atomic E-state index is 0.295. The number of hydrogen-bond acceptors (Lipinski definition) is 2. The predicted octanol–water partition coefficient (Wildman–Crippen LogP) is 1.35. The number of rotatable bonds is 0. The van der Waals surface area contributed by atoms with Crippen LogP contribution in [0.15, 0.2) is 36.5 Å². The fourth-order valence-corrected chi connectivity index (χ4v) is 5.10. The molecule has 0 amide bonds. The SMILES string of the molecule is CC1(C)c2ccccc2P(N)(=O)c2c(N)ccn21. The van der Waals surface area contributed by atoms with Gasteiger partial charge in [-0.3, -0.25) is 10.1 Å². The summed E-state index contributed by atoms with van der Waals surface area (Å²) in [5, 5.41) is 0.716. The van der Waals surface area contributed by atoms with Crippen LogP contribution < -0.4 is 22.0 Å². The first kappa shape index (κ1) is 11.6. The van der Waals surface area contributed by atoms with Gasteiger partial charge in [-0.2, -0.15) is 0 Å². The minimum Gasteiger partial charge on any atom is -0.397 e. The first-order valence-corrected chi connectivity index (χ1v) is 7.61. The van der Waals surface area contributed by atoms with E-state index >= 15 is 0 Å². The summed E-state index contributed by atoms with van der Waals surface area (Å²) in [4.78, 5) is 0. The van der Waals surface area contributed by atoms with Gasteiger partial charge < -0.3 is 10.3 Å². The van der Waals surface area contributed by atoms with Crippen molar-refractivity contribution in [2.45, 2.75) is 19.4 Å². The quantitative estimate of drug-likeness (QED) is 0.703. The number of fused-ring (bicyclic) bond motifs is 2. The van der Waals surface area contributed by atoms with Gasteiger partial charge in [0.1, 0.15) is 5.44 Å². The summed E-state index contributed by atoms with van der Waals surface area (Å²) in [5.74, 6) is 0. The molecule has 0 fully saturated rings. The molecule has 1 aliphatic heterocycles. The van der Waals surface area contributed by atoms with Gasteiger partial charge >= 0.3 is 0 Å². The standard InChI is InChI=1S/C13H16N3OP/c1-13(2)9-5-3-4-6-11(9)18(15,17)12-10(14)7-8-16(12)13/h3-8H,14H2,1-2H3,(H2,15,17). The van der Waals surface area contributed by atoms with Gasteiger partial charge in [0.2, 0.25) is 7.29 Å². The molecule has 0 spiro atoms. The van der Waals surface area contributed by atoms with Crippen molar-refractivity contribution < 1.29 is 4.57 Å². The van der Waals surface area contributed by atoms with E-state index in [4.69, 9.17) is 11.2 Å². The van der Waals surface area contributed by atoms with Crippen molar-refractivity contribution in [3.63, 3.8) is 0 Å². The van der Waals surface area contributed by atoms with Gasteiger partial charge in [-0.15, -0.1) is 0 Å². The Labute approximate surface area is 106 Å². The summed E-state index contributed by atoms with van der Waals surface area (Å²) in [6, 6.07) is 9.39. The van der Waals surface area contributed by atoms with Crippen LogP contribution in [0.3, 0.4) is 0 Å².